The van der Waals surface area contributed by atoms with E-state index in [0.29, 0.717) is 0 Å². The molecule has 0 unspecified atom stereocenters. The largest absolute Gasteiger partial charge is 0.362 e. The Morgan fingerprint density at radius 2 is 2.33 bits per heavy atom. The van der Waals surface area contributed by atoms with E-state index in [1.807, 2.05) is 6.08 Å². The molecule has 4 heteroatoms. The maximum atomic E-state index is 7.10. The molecule has 12 heavy (non-hydrogen) atoms. The Morgan fingerprint density at radius 3 is 2.67 bits per heavy atom. The van der Waals surface area contributed by atoms with Crippen LogP contribution in [0.5, 0.6) is 0 Å². The summed E-state index contributed by atoms with van der Waals surface area (Å²) in [6, 6.07) is 0. The molecule has 0 N–H and O–H groups in total. The van der Waals surface area contributed by atoms with Gasteiger partial charge in [0.05, 0.1) is 6.67 Å². The van der Waals surface area contributed by atoms with Crippen molar-refractivity contribution < 1.29 is 0 Å². The van der Waals surface area contributed by atoms with E-state index in [4.69, 9.17) is 5.26 Å². The first-order chi connectivity index (χ1) is 5.74. The zero-order valence-electron chi connectivity index (χ0n) is 7.27. The average Bonchev–Trinajstić information content (AvgIpc) is 2.38. The van der Waals surface area contributed by atoms with Crippen molar-refractivity contribution in [1.82, 2.24) is 9.80 Å². The number of nitriles is 1. The van der Waals surface area contributed by atoms with Gasteiger partial charge in [-0.05, 0) is 5.97 Å². The monoisotopic (exact) mass is 161 g/mol. The van der Waals surface area contributed by atoms with Crippen LogP contribution >= 0.6 is 0 Å². The highest BCUT2D eigenvalue weighted by Gasteiger charge is 2.04. The van der Waals surface area contributed by atoms with Gasteiger partial charge in [0, 0.05) is 26.0 Å². The summed E-state index contributed by atoms with van der Waals surface area (Å²) in [5.41, 5.74) is 0. The minimum Gasteiger partial charge on any atom is -0.362 e. The number of hydrogen-bond donors (Lipinski definition) is 0. The molecule has 0 saturated carbocycles. The lowest BCUT2D eigenvalue weighted by Crippen LogP contribution is -2.21. The van der Waals surface area contributed by atoms with E-state index in [0.717, 1.165) is 13.2 Å². The molecule has 0 saturated heterocycles. The molecule has 0 aromatic rings. The lowest BCUT2D eigenvalue weighted by molar-refractivity contribution is 0.318. The van der Waals surface area contributed by atoms with Crippen molar-refractivity contribution in [3.63, 3.8) is 0 Å². The second kappa shape index (κ2) is 6.35. The van der Waals surface area contributed by atoms with E-state index in [9.17, 15) is 0 Å². The van der Waals surface area contributed by atoms with Crippen molar-refractivity contribution in [3.05, 3.63) is 25.1 Å². The first-order valence-corrected chi connectivity index (χ1v) is 3.57. The van der Waals surface area contributed by atoms with Gasteiger partial charge in [0.1, 0.15) is 0 Å². The quantitative estimate of drug-likeness (QED) is 0.436. The van der Waals surface area contributed by atoms with E-state index in [1.165, 1.54) is 5.97 Å². The Hall–Kier alpha value is -1.37. The molecule has 1 aliphatic rings. The Bertz CT molecular complexity index is 195. The third-order valence-corrected chi connectivity index (χ3v) is 1.30. The molecular weight excluding hydrogens is 149 g/mol. The molecule has 0 spiro atoms. The zero-order valence-corrected chi connectivity index (χ0v) is 7.27. The molecule has 1 heterocycles. The highest BCUT2D eigenvalue weighted by Crippen LogP contribution is 2.01. The van der Waals surface area contributed by atoms with Crippen molar-refractivity contribution in [2.24, 2.45) is 0 Å². The second-order valence-corrected chi connectivity index (χ2v) is 2.39. The molecule has 0 bridgehead atoms. The predicted octanol–water partition coefficient (Wildman–Crippen LogP) is 0.484. The molecule has 1 aliphatic heterocycles. The minimum atomic E-state index is 0.945. The SMILES string of the molecule is C=CCN1C=CN(C)C1.[B]C#N. The summed E-state index contributed by atoms with van der Waals surface area (Å²) in [4.78, 5) is 4.32. The van der Waals surface area contributed by atoms with E-state index >= 15 is 0 Å². The summed E-state index contributed by atoms with van der Waals surface area (Å²) in [5, 5.41) is 7.10. The van der Waals surface area contributed by atoms with E-state index in [1.54, 1.807) is 0 Å². The highest BCUT2D eigenvalue weighted by molar-refractivity contribution is 6.20. The fourth-order valence-corrected chi connectivity index (χ4v) is 0.873. The number of nitrogens with zero attached hydrogens (tertiary/aromatic N) is 3. The molecular formula is C8H12BN3. The van der Waals surface area contributed by atoms with Crippen molar-refractivity contribution >= 4 is 7.85 Å². The van der Waals surface area contributed by atoms with Crippen LogP contribution in [0.1, 0.15) is 0 Å². The molecule has 0 aromatic heterocycles. The van der Waals surface area contributed by atoms with Crippen LogP contribution in [0.3, 0.4) is 0 Å². The van der Waals surface area contributed by atoms with Crippen LogP contribution in [0.4, 0.5) is 0 Å². The van der Waals surface area contributed by atoms with Gasteiger partial charge in [0.15, 0.2) is 0 Å². The Balaban J connectivity index is 0.000000354. The fourth-order valence-electron chi connectivity index (χ4n) is 0.873. The molecule has 2 radical (unpaired) electrons. The van der Waals surface area contributed by atoms with Crippen LogP contribution in [0.25, 0.3) is 0 Å². The third kappa shape index (κ3) is 4.45. The summed E-state index contributed by atoms with van der Waals surface area (Å²) >= 11 is 0. The number of rotatable bonds is 2. The normalized spacial score (nSPS) is 13.3. The maximum Gasteiger partial charge on any atom is 0.229 e. The summed E-state index contributed by atoms with van der Waals surface area (Å²) in [6.45, 7) is 5.59. The first kappa shape index (κ1) is 10.6. The van der Waals surface area contributed by atoms with E-state index in [2.05, 4.69) is 43.7 Å². The van der Waals surface area contributed by atoms with Crippen molar-refractivity contribution in [1.29, 1.82) is 5.26 Å². The standard InChI is InChI=1S/C7H12N2.CBN/c1-3-4-9-6-5-8(2)7-9;2-1-3/h3,5-6H,1,4,7H2,2H3;. The van der Waals surface area contributed by atoms with Gasteiger partial charge in [-0.2, -0.15) is 0 Å². The summed E-state index contributed by atoms with van der Waals surface area (Å²) in [5.74, 6) is 1.25. The van der Waals surface area contributed by atoms with Crippen LogP contribution in [-0.2, 0) is 0 Å². The maximum absolute atomic E-state index is 7.10. The third-order valence-electron chi connectivity index (χ3n) is 1.30. The molecule has 0 aliphatic carbocycles. The molecule has 0 atom stereocenters. The van der Waals surface area contributed by atoms with Crippen LogP contribution in [0, 0.1) is 11.2 Å². The average molecular weight is 161 g/mol. The summed E-state index contributed by atoms with van der Waals surface area (Å²) < 4.78 is 0. The lowest BCUT2D eigenvalue weighted by Gasteiger charge is -2.15. The second-order valence-electron chi connectivity index (χ2n) is 2.39. The highest BCUT2D eigenvalue weighted by atomic mass is 15.3. The van der Waals surface area contributed by atoms with E-state index in [-0.39, 0.29) is 0 Å². The molecule has 62 valence electrons. The molecule has 0 amide bonds. The van der Waals surface area contributed by atoms with Crippen LogP contribution in [0.2, 0.25) is 0 Å². The van der Waals surface area contributed by atoms with Gasteiger partial charge in [0.25, 0.3) is 0 Å². The number of hydrogen-bond acceptors (Lipinski definition) is 3. The van der Waals surface area contributed by atoms with Crippen molar-refractivity contribution in [2.45, 2.75) is 0 Å². The van der Waals surface area contributed by atoms with Crippen LogP contribution < -0.4 is 0 Å². The van der Waals surface area contributed by atoms with Crippen molar-refractivity contribution in [2.75, 3.05) is 20.3 Å². The zero-order chi connectivity index (χ0) is 9.40. The molecule has 0 fully saturated rings. The van der Waals surface area contributed by atoms with Gasteiger partial charge in [-0.3, -0.25) is 0 Å². The van der Waals surface area contributed by atoms with Gasteiger partial charge < -0.3 is 9.80 Å². The van der Waals surface area contributed by atoms with Crippen LogP contribution in [-0.4, -0.2) is 37.9 Å². The Kier molecular flexibility index (Phi) is 5.63. The first-order valence-electron chi connectivity index (χ1n) is 3.57. The smallest absolute Gasteiger partial charge is 0.229 e. The molecule has 0 aromatic carbocycles. The molecule has 3 nitrogen and oxygen atoms in total. The van der Waals surface area contributed by atoms with E-state index < -0.39 is 0 Å². The predicted molar refractivity (Wildman–Crippen MR) is 50.0 cm³/mol. The van der Waals surface area contributed by atoms with Gasteiger partial charge in [0.2, 0.25) is 7.85 Å². The van der Waals surface area contributed by atoms with Crippen molar-refractivity contribution in [3.8, 4) is 5.97 Å². The lowest BCUT2D eigenvalue weighted by atomic mass is 10.2. The van der Waals surface area contributed by atoms with Gasteiger partial charge in [-0.25, -0.2) is 5.26 Å². The Labute approximate surface area is 75.0 Å². The molecule has 1 rings (SSSR count). The van der Waals surface area contributed by atoms with Gasteiger partial charge in [-0.15, -0.1) is 6.58 Å². The Morgan fingerprint density at radius 1 is 1.75 bits per heavy atom. The van der Waals surface area contributed by atoms with Gasteiger partial charge >= 0.3 is 0 Å². The topological polar surface area (TPSA) is 30.3 Å². The fraction of sp³-hybridized carbons (Fsp3) is 0.375. The van der Waals surface area contributed by atoms with Gasteiger partial charge in [-0.1, -0.05) is 6.08 Å². The summed E-state index contributed by atoms with van der Waals surface area (Å²) in [6.07, 6.45) is 6.04. The summed E-state index contributed by atoms with van der Waals surface area (Å²) in [7, 11) is 6.21. The minimum absolute atomic E-state index is 0.945. The van der Waals surface area contributed by atoms with Crippen LogP contribution in [0.15, 0.2) is 25.1 Å².